The molecule has 1 aromatic heterocycles. The summed E-state index contributed by atoms with van der Waals surface area (Å²) >= 11 is 0. The summed E-state index contributed by atoms with van der Waals surface area (Å²) in [6.07, 6.45) is -0.917. The number of carbonyl (C=O) groups excluding carboxylic acids is 4. The van der Waals surface area contributed by atoms with Crippen LogP contribution >= 0.6 is 21.6 Å². The summed E-state index contributed by atoms with van der Waals surface area (Å²) in [5.41, 5.74) is 10.2. The highest BCUT2D eigenvalue weighted by Gasteiger charge is 2.78. The lowest BCUT2D eigenvalue weighted by Crippen LogP contribution is -2.82. The second kappa shape index (κ2) is 27.2. The van der Waals surface area contributed by atoms with Gasteiger partial charge in [0.2, 0.25) is 5.91 Å². The lowest BCUT2D eigenvalue weighted by atomic mass is 9.47. The number of hydrogen-bond donors (Lipinski definition) is 13. The van der Waals surface area contributed by atoms with Gasteiger partial charge in [-0.2, -0.15) is 0 Å². The second-order valence-corrected chi connectivity index (χ2v) is 24.5. The largest absolute Gasteiger partial charge is 0.496 e. The number of likely N-dealkylation sites (N-methyl/N-ethyl adjacent to an activating group) is 2. The number of amides is 3. The minimum atomic E-state index is -2.54. The number of aromatic nitrogens is 1. The Morgan fingerprint density at radius 2 is 1.78 bits per heavy atom. The Bertz CT molecular complexity index is 2790. The molecule has 1 saturated heterocycles. The number of nitrogens with zero attached hydrogens (tertiary/aromatic N) is 3. The zero-order valence-corrected chi connectivity index (χ0v) is 49.0. The molecule has 0 bridgehead atoms. The number of para-hydroxylation sites is 1. The lowest BCUT2D eigenvalue weighted by Gasteiger charge is -2.63. The second-order valence-electron chi connectivity index (χ2n) is 21.9. The number of hydrogen-bond acceptors (Lipinski definition) is 21. The van der Waals surface area contributed by atoms with E-state index in [0.29, 0.717) is 83.4 Å². The summed E-state index contributed by atoms with van der Waals surface area (Å²) in [6.45, 7) is 7.81. The fourth-order valence-electron chi connectivity index (χ4n) is 13.2. The van der Waals surface area contributed by atoms with Crippen LogP contribution in [-0.2, 0) is 46.9 Å². The average molecular weight is 1190 g/mol. The first-order valence-electron chi connectivity index (χ1n) is 27.8. The molecule has 4 heterocycles. The zero-order valence-electron chi connectivity index (χ0n) is 47.3. The van der Waals surface area contributed by atoms with E-state index in [0.717, 1.165) is 60.6 Å². The fourth-order valence-corrected chi connectivity index (χ4v) is 15.1. The van der Waals surface area contributed by atoms with Gasteiger partial charge in [0, 0.05) is 102 Å². The molecule has 3 aromatic rings. The number of rotatable bonds is 29. The molecule has 2 fully saturated rings. The van der Waals surface area contributed by atoms with Gasteiger partial charge in [-0.3, -0.25) is 24.7 Å². The van der Waals surface area contributed by atoms with Gasteiger partial charge in [-0.1, -0.05) is 72.7 Å². The number of esters is 1. The van der Waals surface area contributed by atoms with Crippen LogP contribution in [0.3, 0.4) is 0 Å². The van der Waals surface area contributed by atoms with Gasteiger partial charge in [-0.25, -0.2) is 15.0 Å². The first-order chi connectivity index (χ1) is 39.0. The number of carboxylic acid groups (broad SMARTS) is 1. The van der Waals surface area contributed by atoms with Crippen molar-refractivity contribution in [3.8, 4) is 5.75 Å². The van der Waals surface area contributed by atoms with Crippen molar-refractivity contribution < 1.29 is 79.0 Å². The number of H-pyrrole nitrogens is 1. The van der Waals surface area contributed by atoms with Crippen molar-refractivity contribution in [3.63, 3.8) is 0 Å². The van der Waals surface area contributed by atoms with Gasteiger partial charge in [-0.05, 0) is 74.9 Å². The van der Waals surface area contributed by atoms with Gasteiger partial charge in [-0.15, -0.1) is 0 Å². The van der Waals surface area contributed by atoms with Crippen LogP contribution < -0.4 is 31.5 Å². The molecule has 82 heavy (non-hydrogen) atoms. The van der Waals surface area contributed by atoms with Crippen molar-refractivity contribution in [2.45, 2.75) is 137 Å². The number of nitrogens with two attached hydrogens (primary N) is 1. The number of carbonyl (C=O) groups is 5. The molecule has 3 aliphatic heterocycles. The number of aliphatic carboxylic acids is 1. The predicted molar refractivity (Wildman–Crippen MR) is 308 cm³/mol. The van der Waals surface area contributed by atoms with E-state index < -0.39 is 95.1 Å². The van der Waals surface area contributed by atoms with Crippen molar-refractivity contribution in [3.05, 3.63) is 70.9 Å². The van der Waals surface area contributed by atoms with Gasteiger partial charge >= 0.3 is 18.0 Å². The molecule has 4 aliphatic rings. The third-order valence-electron chi connectivity index (χ3n) is 17.5. The molecular weight excluding hydrogens is 1100 g/mol. The number of hydrazine groups is 1. The zero-order chi connectivity index (χ0) is 59.9. The molecular formula is C56H82N8O16S2. The number of aromatic amines is 1. The van der Waals surface area contributed by atoms with Crippen molar-refractivity contribution in [2.24, 2.45) is 11.1 Å². The van der Waals surface area contributed by atoms with E-state index in [-0.39, 0.29) is 36.5 Å². The molecule has 1 saturated carbocycles. The molecule has 3 amide bonds. The molecule has 14 N–H and O–H groups in total. The highest BCUT2D eigenvalue weighted by Crippen LogP contribution is 2.67. The smallest absolute Gasteiger partial charge is 0.426 e. The Balaban J connectivity index is 1.07. The minimum Gasteiger partial charge on any atom is -0.496 e. The molecule has 454 valence electrons. The molecule has 2 unspecified atom stereocenters. The van der Waals surface area contributed by atoms with Crippen molar-refractivity contribution in [2.75, 3.05) is 83.6 Å². The predicted octanol–water partition coefficient (Wildman–Crippen LogP) is 0.429. The SMILES string of the molecule is CCN(CCc1c(Cc2cc3c(cc2OC)N(C)[C@H]2[C@@](O)(C(=O)NNC(=O)OCCSSC[C@H](NC(=O)C(N)C(O)[C@H](O)[C@H](O)CO)C(=O)O)[C@H](O)[C@]4(CC)C=CCN5CC[C@]32[C@@H]54)[nH]c2ccccc12)C[C@](O)(CC)CCCC(=O)OC. The molecule has 2 aromatic carbocycles. The van der Waals surface area contributed by atoms with Crippen LogP contribution in [0.4, 0.5) is 10.5 Å². The Labute approximate surface area is 484 Å². The first-order valence-corrected chi connectivity index (χ1v) is 30.3. The molecule has 7 rings (SSSR count). The van der Waals surface area contributed by atoms with Gasteiger partial charge < -0.3 is 80.9 Å². The Morgan fingerprint density at radius 1 is 1.04 bits per heavy atom. The van der Waals surface area contributed by atoms with Crippen LogP contribution in [0.2, 0.25) is 0 Å². The van der Waals surface area contributed by atoms with Gasteiger partial charge in [0.15, 0.2) is 5.60 Å². The maximum absolute atomic E-state index is 14.8. The van der Waals surface area contributed by atoms with E-state index in [1.54, 1.807) is 14.2 Å². The summed E-state index contributed by atoms with van der Waals surface area (Å²) in [4.78, 5) is 74.4. The number of fused-ring (bicyclic) bond motifs is 2. The van der Waals surface area contributed by atoms with E-state index >= 15 is 0 Å². The van der Waals surface area contributed by atoms with Gasteiger partial charge in [0.1, 0.15) is 48.9 Å². The van der Waals surface area contributed by atoms with E-state index in [9.17, 15) is 59.7 Å². The molecule has 0 radical (unpaired) electrons. The minimum absolute atomic E-state index is 0.117. The maximum Gasteiger partial charge on any atom is 0.426 e. The summed E-state index contributed by atoms with van der Waals surface area (Å²) in [6, 6.07) is 7.49. The van der Waals surface area contributed by atoms with Crippen LogP contribution in [0.15, 0.2) is 48.6 Å². The molecule has 1 aliphatic carbocycles. The Morgan fingerprint density at radius 3 is 2.45 bits per heavy atom. The van der Waals surface area contributed by atoms with Gasteiger partial charge in [0.05, 0.1) is 32.5 Å². The third kappa shape index (κ3) is 12.6. The highest BCUT2D eigenvalue weighted by atomic mass is 33.1. The van der Waals surface area contributed by atoms with Crippen molar-refractivity contribution in [1.29, 1.82) is 0 Å². The molecule has 24 nitrogen and oxygen atoms in total. The number of methoxy groups -OCH3 is 2. The normalized spacial score (nSPS) is 25.3. The van der Waals surface area contributed by atoms with Crippen LogP contribution in [-0.4, -0.2) is 224 Å². The number of anilines is 1. The summed E-state index contributed by atoms with van der Waals surface area (Å²) in [7, 11) is 6.84. The molecule has 12 atom stereocenters. The van der Waals surface area contributed by atoms with Crippen LogP contribution in [0, 0.1) is 5.41 Å². The Hall–Kier alpha value is -5.23. The highest BCUT2D eigenvalue weighted by molar-refractivity contribution is 8.76. The third-order valence-corrected chi connectivity index (χ3v) is 19.8. The monoisotopic (exact) mass is 1190 g/mol. The number of aliphatic hydroxyl groups is 7. The fraction of sp³-hybridized carbons (Fsp3) is 0.625. The quantitative estimate of drug-likeness (QED) is 0.0147. The van der Waals surface area contributed by atoms with E-state index in [2.05, 4.69) is 50.0 Å². The number of carboxylic acids is 1. The van der Waals surface area contributed by atoms with E-state index in [4.69, 9.17) is 25.1 Å². The first kappa shape index (κ1) is 64.3. The molecule has 26 heteroatoms. The number of nitrogens with one attached hydrogen (secondary N) is 4. The van der Waals surface area contributed by atoms with Gasteiger partial charge in [0.25, 0.3) is 5.91 Å². The maximum atomic E-state index is 14.8. The summed E-state index contributed by atoms with van der Waals surface area (Å²) in [5, 5.41) is 89.3. The number of ether oxygens (including phenoxy) is 3. The summed E-state index contributed by atoms with van der Waals surface area (Å²) in [5.74, 6) is -3.43. The topological polar surface area (TPSA) is 363 Å². The van der Waals surface area contributed by atoms with Crippen LogP contribution in [0.5, 0.6) is 5.75 Å². The van der Waals surface area contributed by atoms with Crippen molar-refractivity contribution in [1.82, 2.24) is 31.0 Å². The van der Waals surface area contributed by atoms with Crippen LogP contribution in [0.25, 0.3) is 10.9 Å². The molecule has 1 spiro atoms. The number of benzene rings is 2. The van der Waals surface area contributed by atoms with Crippen molar-refractivity contribution >= 4 is 68.0 Å². The standard InChI is InChI=1S/C56H82N8O16S2/c1-7-53(76,18-12-16-42(67)79-6)31-63(9-3)22-17-34-33-14-10-11-15-36(33)58-37(34)27-32-26-35-39(28-41(32)78-5)62(4)49-55(35)20-23-64-21-13-19-54(8-2,48(55)64)50(73)56(49,77)51(74)60-61-52(75)80-24-25-81-82-30-38(47(71)72)59-46(70)43(57)45(69)44(68)40(66)29-65/h10-11,13-15,19,26,28,38,40,43-45,48-50,58,65-66,68-69,73,76-77H,7-9,12,16-18,20-25,27,29-31,57H2,1-6H3,(H,59,70)(H,60,74)(H,61,75)(H,71,72)/t38-,40+,43?,44+,45?,48-,49+,50+,53-,54+,55+,56-/m0/s1. The average Bonchev–Trinajstić information content (AvgIpc) is 1.46. The summed E-state index contributed by atoms with van der Waals surface area (Å²) < 4.78 is 16.3. The number of aliphatic hydroxyl groups excluding tert-OH is 5. The lowest BCUT2D eigenvalue weighted by molar-refractivity contribution is -0.204. The van der Waals surface area contributed by atoms with E-state index in [1.165, 1.54) is 7.11 Å². The van der Waals surface area contributed by atoms with E-state index in [1.807, 2.05) is 55.2 Å². The van der Waals surface area contributed by atoms with Crippen LogP contribution in [0.1, 0.15) is 81.7 Å². The Kier molecular flexibility index (Phi) is 21.3.